The zero-order chi connectivity index (χ0) is 11.0. The van der Waals surface area contributed by atoms with Gasteiger partial charge in [0.1, 0.15) is 5.15 Å². The van der Waals surface area contributed by atoms with Gasteiger partial charge in [-0.1, -0.05) is 34.8 Å². The Morgan fingerprint density at radius 2 is 1.93 bits per heavy atom. The molecule has 2 rings (SSSR count). The fourth-order valence-corrected chi connectivity index (χ4v) is 1.88. The fraction of sp³-hybridized carbons (Fsp3) is 0. The zero-order valence-electron chi connectivity index (χ0n) is 7.09. The third kappa shape index (κ3) is 2.28. The molecule has 0 N–H and O–H groups in total. The number of nitrogens with zero attached hydrogens (tertiary/aromatic N) is 3. The largest absolute Gasteiger partial charge is 0.220 e. The standard InChI is InChI=1S/C8H3BrCl3N3/c9-4-2-13-15(3-4)8-6(11)1-5(10)7(12)14-8/h1-3H. The first kappa shape index (κ1) is 11.2. The molecular formula is C8H3BrCl3N3. The molecule has 0 aliphatic rings. The van der Waals surface area contributed by atoms with E-state index in [0.29, 0.717) is 15.9 Å². The van der Waals surface area contributed by atoms with Gasteiger partial charge in [0.15, 0.2) is 5.82 Å². The summed E-state index contributed by atoms with van der Waals surface area (Å²) in [5.41, 5.74) is 0. The van der Waals surface area contributed by atoms with E-state index in [1.807, 2.05) is 0 Å². The molecule has 0 unspecified atom stereocenters. The van der Waals surface area contributed by atoms with E-state index in [4.69, 9.17) is 34.8 Å². The number of halogens is 4. The number of aromatic nitrogens is 3. The molecule has 2 heterocycles. The lowest BCUT2D eigenvalue weighted by atomic mass is 10.4. The number of hydrogen-bond donors (Lipinski definition) is 0. The maximum absolute atomic E-state index is 5.96. The van der Waals surface area contributed by atoms with E-state index >= 15 is 0 Å². The molecule has 78 valence electrons. The fourth-order valence-electron chi connectivity index (χ4n) is 1.01. The molecule has 7 heteroatoms. The lowest BCUT2D eigenvalue weighted by molar-refractivity contribution is 0.847. The van der Waals surface area contributed by atoms with Gasteiger partial charge in [0.25, 0.3) is 0 Å². The molecule has 2 aromatic rings. The van der Waals surface area contributed by atoms with Gasteiger partial charge in [-0.3, -0.25) is 0 Å². The Balaban J connectivity index is 2.58. The molecule has 0 aromatic carbocycles. The zero-order valence-corrected chi connectivity index (χ0v) is 10.9. The van der Waals surface area contributed by atoms with Crippen LogP contribution in [0, 0.1) is 0 Å². The molecule has 0 spiro atoms. The highest BCUT2D eigenvalue weighted by molar-refractivity contribution is 9.10. The number of rotatable bonds is 1. The van der Waals surface area contributed by atoms with Crippen LogP contribution < -0.4 is 0 Å². The summed E-state index contributed by atoms with van der Waals surface area (Å²) in [5, 5.41) is 4.94. The quantitative estimate of drug-likeness (QED) is 0.742. The van der Waals surface area contributed by atoms with E-state index in [0.717, 1.165) is 4.47 Å². The van der Waals surface area contributed by atoms with Crippen LogP contribution in [0.1, 0.15) is 0 Å². The van der Waals surface area contributed by atoms with E-state index in [1.165, 1.54) is 10.7 Å². The molecule has 0 bridgehead atoms. The average molecular weight is 327 g/mol. The minimum Gasteiger partial charge on any atom is -0.220 e. The van der Waals surface area contributed by atoms with E-state index in [-0.39, 0.29) is 5.15 Å². The van der Waals surface area contributed by atoms with Gasteiger partial charge in [0.2, 0.25) is 0 Å². The van der Waals surface area contributed by atoms with Gasteiger partial charge in [-0.2, -0.15) is 5.10 Å². The highest BCUT2D eigenvalue weighted by atomic mass is 79.9. The highest BCUT2D eigenvalue weighted by Gasteiger charge is 2.10. The molecule has 0 radical (unpaired) electrons. The van der Waals surface area contributed by atoms with Gasteiger partial charge in [0.05, 0.1) is 20.7 Å². The van der Waals surface area contributed by atoms with Crippen molar-refractivity contribution in [2.24, 2.45) is 0 Å². The van der Waals surface area contributed by atoms with Crippen LogP contribution in [0.4, 0.5) is 0 Å². The van der Waals surface area contributed by atoms with Crippen molar-refractivity contribution in [1.82, 2.24) is 14.8 Å². The first-order chi connectivity index (χ1) is 7.08. The van der Waals surface area contributed by atoms with Crippen LogP contribution >= 0.6 is 50.7 Å². The topological polar surface area (TPSA) is 30.7 Å². The molecule has 15 heavy (non-hydrogen) atoms. The normalized spacial score (nSPS) is 10.7. The van der Waals surface area contributed by atoms with Crippen LogP contribution in [-0.2, 0) is 0 Å². The second-order valence-electron chi connectivity index (χ2n) is 2.67. The van der Waals surface area contributed by atoms with Crippen molar-refractivity contribution in [1.29, 1.82) is 0 Å². The summed E-state index contributed by atoms with van der Waals surface area (Å²) in [6.45, 7) is 0. The van der Waals surface area contributed by atoms with Crippen molar-refractivity contribution in [3.63, 3.8) is 0 Å². The van der Waals surface area contributed by atoms with E-state index < -0.39 is 0 Å². The van der Waals surface area contributed by atoms with Crippen LogP contribution in [-0.4, -0.2) is 14.8 Å². The number of hydrogen-bond acceptors (Lipinski definition) is 2. The molecule has 0 aliphatic heterocycles. The second-order valence-corrected chi connectivity index (χ2v) is 4.76. The van der Waals surface area contributed by atoms with Crippen molar-refractivity contribution in [2.45, 2.75) is 0 Å². The summed E-state index contributed by atoms with van der Waals surface area (Å²) in [6, 6.07) is 1.53. The van der Waals surface area contributed by atoms with Gasteiger partial charge in [-0.25, -0.2) is 9.67 Å². The van der Waals surface area contributed by atoms with Crippen LogP contribution in [0.15, 0.2) is 22.9 Å². The van der Waals surface area contributed by atoms with Crippen LogP contribution in [0.25, 0.3) is 5.82 Å². The summed E-state index contributed by atoms with van der Waals surface area (Å²) >= 11 is 20.8. The Hall–Kier alpha value is -0.290. The minimum atomic E-state index is 0.197. The van der Waals surface area contributed by atoms with Crippen molar-refractivity contribution >= 4 is 50.7 Å². The maximum atomic E-state index is 5.96. The average Bonchev–Trinajstić information content (AvgIpc) is 2.58. The highest BCUT2D eigenvalue weighted by Crippen LogP contribution is 2.28. The lowest BCUT2D eigenvalue weighted by Gasteiger charge is -2.04. The van der Waals surface area contributed by atoms with Gasteiger partial charge in [-0.15, -0.1) is 0 Å². The SMILES string of the molecule is Clc1cc(Cl)c(-n2cc(Br)cn2)nc1Cl. The van der Waals surface area contributed by atoms with E-state index in [9.17, 15) is 0 Å². The predicted octanol–water partition coefficient (Wildman–Crippen LogP) is 3.99. The van der Waals surface area contributed by atoms with E-state index in [1.54, 1.807) is 12.4 Å². The maximum Gasteiger partial charge on any atom is 0.173 e. The smallest absolute Gasteiger partial charge is 0.173 e. The third-order valence-electron chi connectivity index (χ3n) is 1.64. The van der Waals surface area contributed by atoms with Gasteiger partial charge in [0, 0.05) is 6.20 Å². The first-order valence-electron chi connectivity index (χ1n) is 3.80. The summed E-state index contributed by atoms with van der Waals surface area (Å²) in [7, 11) is 0. The van der Waals surface area contributed by atoms with Crippen molar-refractivity contribution < 1.29 is 0 Å². The summed E-state index contributed by atoms with van der Waals surface area (Å²) in [5.74, 6) is 0.441. The molecule has 0 saturated carbocycles. The van der Waals surface area contributed by atoms with E-state index in [2.05, 4.69) is 26.0 Å². The molecule has 0 atom stereocenters. The Kier molecular flexibility index (Phi) is 3.21. The Bertz CT molecular complexity index is 512. The minimum absolute atomic E-state index is 0.197. The second kappa shape index (κ2) is 4.29. The molecule has 0 saturated heterocycles. The van der Waals surface area contributed by atoms with Crippen LogP contribution in [0.2, 0.25) is 15.2 Å². The number of pyridine rings is 1. The molecular weight excluding hydrogens is 324 g/mol. The molecule has 3 nitrogen and oxygen atoms in total. The van der Waals surface area contributed by atoms with Gasteiger partial charge >= 0.3 is 0 Å². The first-order valence-corrected chi connectivity index (χ1v) is 5.72. The predicted molar refractivity (Wildman–Crippen MR) is 64.1 cm³/mol. The summed E-state index contributed by atoms with van der Waals surface area (Å²) in [4.78, 5) is 4.04. The van der Waals surface area contributed by atoms with Crippen LogP contribution in [0.5, 0.6) is 0 Å². The van der Waals surface area contributed by atoms with Crippen molar-refractivity contribution in [2.75, 3.05) is 0 Å². The Labute approximate surface area is 109 Å². The molecule has 2 aromatic heterocycles. The monoisotopic (exact) mass is 325 g/mol. The van der Waals surface area contributed by atoms with Crippen LogP contribution in [0.3, 0.4) is 0 Å². The Morgan fingerprint density at radius 1 is 1.20 bits per heavy atom. The molecule has 0 amide bonds. The van der Waals surface area contributed by atoms with Crippen molar-refractivity contribution in [3.8, 4) is 5.82 Å². The van der Waals surface area contributed by atoms with Gasteiger partial charge in [-0.05, 0) is 22.0 Å². The molecule has 0 fully saturated rings. The lowest BCUT2D eigenvalue weighted by Crippen LogP contribution is -1.99. The summed E-state index contributed by atoms with van der Waals surface area (Å²) < 4.78 is 2.33. The Morgan fingerprint density at radius 3 is 2.53 bits per heavy atom. The van der Waals surface area contributed by atoms with Crippen molar-refractivity contribution in [3.05, 3.63) is 38.1 Å². The summed E-state index contributed by atoms with van der Waals surface area (Å²) in [6.07, 6.45) is 3.35. The third-order valence-corrected chi connectivity index (χ3v) is 3.00. The van der Waals surface area contributed by atoms with Gasteiger partial charge < -0.3 is 0 Å². The molecule has 0 aliphatic carbocycles.